The zero-order valence-corrected chi connectivity index (χ0v) is 13.2. The molecule has 106 valence electrons. The van der Waals surface area contributed by atoms with Crippen LogP contribution in [0.4, 0.5) is 5.69 Å². The monoisotopic (exact) mass is 347 g/mol. The number of nitrogens with two attached hydrogens (primary N) is 2. The van der Waals surface area contributed by atoms with Gasteiger partial charge in [0.15, 0.2) is 0 Å². The Morgan fingerprint density at radius 3 is 2.47 bits per heavy atom. The van der Waals surface area contributed by atoms with Gasteiger partial charge < -0.3 is 16.8 Å². The van der Waals surface area contributed by atoms with Crippen molar-refractivity contribution in [3.05, 3.63) is 28.7 Å². The van der Waals surface area contributed by atoms with Gasteiger partial charge in [0.05, 0.1) is 0 Å². The molecule has 0 saturated carbocycles. The Morgan fingerprint density at radius 1 is 1.26 bits per heavy atom. The molecule has 0 aliphatic heterocycles. The van der Waals surface area contributed by atoms with Crippen molar-refractivity contribution in [2.45, 2.75) is 19.8 Å². The van der Waals surface area contributed by atoms with Crippen LogP contribution in [0.1, 0.15) is 19.8 Å². The minimum atomic E-state index is 0. The average Bonchev–Trinajstić information content (AvgIpc) is 2.32. The summed E-state index contributed by atoms with van der Waals surface area (Å²) in [6.45, 7) is 2.77. The number of unbranched alkanes of at least 4 members (excludes halogenated alkanes) is 1. The number of hydrogen-bond donors (Lipinski definition) is 3. The van der Waals surface area contributed by atoms with E-state index in [9.17, 15) is 0 Å². The highest BCUT2D eigenvalue weighted by Gasteiger charge is 1.96. The fraction of sp³-hybridized carbons (Fsp3) is 0.333. The maximum Gasteiger partial charge on any atom is 0.218 e. The van der Waals surface area contributed by atoms with Crippen LogP contribution >= 0.6 is 28.3 Å². The van der Waals surface area contributed by atoms with Crippen LogP contribution in [-0.2, 0) is 0 Å². The standard InChI is InChI=1S/C12H18BrN5.ClH/c1-2-3-8-16-11(14)18-12(15)17-10-6-4-9(13)5-7-10;/h4-7H,2-3,8H2,1H3,(H5,14,15,16,17,18);1H. The van der Waals surface area contributed by atoms with Crippen LogP contribution in [0.5, 0.6) is 0 Å². The Morgan fingerprint density at radius 2 is 1.89 bits per heavy atom. The van der Waals surface area contributed by atoms with Gasteiger partial charge in [0.1, 0.15) is 0 Å². The van der Waals surface area contributed by atoms with E-state index in [1.165, 1.54) is 0 Å². The quantitative estimate of drug-likeness (QED) is 0.444. The molecule has 0 heterocycles. The molecule has 0 saturated heterocycles. The normalized spacial score (nSPS) is 11.9. The third-order valence-electron chi connectivity index (χ3n) is 2.14. The molecule has 5 N–H and O–H groups in total. The summed E-state index contributed by atoms with van der Waals surface area (Å²) in [5, 5.41) is 2.94. The molecule has 1 rings (SSSR count). The molecular weight excluding hydrogens is 330 g/mol. The van der Waals surface area contributed by atoms with Crippen LogP contribution < -0.4 is 16.8 Å². The molecule has 1 aromatic rings. The van der Waals surface area contributed by atoms with Crippen molar-refractivity contribution in [3.63, 3.8) is 0 Å². The van der Waals surface area contributed by atoms with Gasteiger partial charge in [-0.15, -0.1) is 12.4 Å². The Bertz CT molecular complexity index is 430. The zero-order chi connectivity index (χ0) is 13.4. The average molecular weight is 349 g/mol. The first kappa shape index (κ1) is 17.7. The highest BCUT2D eigenvalue weighted by atomic mass is 79.9. The fourth-order valence-electron chi connectivity index (χ4n) is 1.22. The first-order valence-corrected chi connectivity index (χ1v) is 6.57. The summed E-state index contributed by atoms with van der Waals surface area (Å²) >= 11 is 3.36. The van der Waals surface area contributed by atoms with E-state index in [-0.39, 0.29) is 24.3 Å². The van der Waals surface area contributed by atoms with Crippen molar-refractivity contribution in [1.29, 1.82) is 0 Å². The van der Waals surface area contributed by atoms with Gasteiger partial charge in [0.2, 0.25) is 11.9 Å². The van der Waals surface area contributed by atoms with E-state index in [4.69, 9.17) is 11.5 Å². The van der Waals surface area contributed by atoms with Gasteiger partial charge in [-0.2, -0.15) is 4.99 Å². The van der Waals surface area contributed by atoms with E-state index < -0.39 is 0 Å². The number of halogens is 2. The SMILES string of the molecule is CCCCN=C(N)N=C(N)Nc1ccc(Br)cc1.Cl. The number of nitrogens with zero attached hydrogens (tertiary/aromatic N) is 2. The number of anilines is 1. The van der Waals surface area contributed by atoms with E-state index in [0.29, 0.717) is 6.54 Å². The molecule has 19 heavy (non-hydrogen) atoms. The van der Waals surface area contributed by atoms with Crippen LogP contribution in [0, 0.1) is 0 Å². The van der Waals surface area contributed by atoms with Gasteiger partial charge >= 0.3 is 0 Å². The van der Waals surface area contributed by atoms with Crippen LogP contribution in [0.3, 0.4) is 0 Å². The molecule has 7 heteroatoms. The molecule has 0 aliphatic rings. The Labute approximate surface area is 128 Å². The lowest BCUT2D eigenvalue weighted by molar-refractivity contribution is 0.806. The summed E-state index contributed by atoms with van der Waals surface area (Å²) in [5.74, 6) is 0.431. The lowest BCUT2D eigenvalue weighted by atomic mass is 10.3. The first-order valence-electron chi connectivity index (χ1n) is 5.78. The van der Waals surface area contributed by atoms with E-state index in [0.717, 1.165) is 23.0 Å². The predicted octanol–water partition coefficient (Wildman–Crippen LogP) is 2.71. The van der Waals surface area contributed by atoms with Crippen molar-refractivity contribution in [1.82, 2.24) is 0 Å². The lowest BCUT2D eigenvalue weighted by Gasteiger charge is -2.05. The highest BCUT2D eigenvalue weighted by molar-refractivity contribution is 9.10. The van der Waals surface area contributed by atoms with Gasteiger partial charge in [-0.3, -0.25) is 4.99 Å². The van der Waals surface area contributed by atoms with Gasteiger partial charge in [-0.25, -0.2) is 0 Å². The molecule has 0 aromatic heterocycles. The van der Waals surface area contributed by atoms with Crippen molar-refractivity contribution >= 4 is 45.9 Å². The molecule has 5 nitrogen and oxygen atoms in total. The van der Waals surface area contributed by atoms with Gasteiger partial charge in [-0.05, 0) is 30.7 Å². The first-order chi connectivity index (χ1) is 8.61. The number of hydrogen-bond acceptors (Lipinski definition) is 1. The molecule has 0 spiro atoms. The molecular formula is C12H19BrClN5. The summed E-state index contributed by atoms with van der Waals surface area (Å²) < 4.78 is 1.00. The molecule has 0 fully saturated rings. The van der Waals surface area contributed by atoms with Gasteiger partial charge in [0, 0.05) is 16.7 Å². The third-order valence-corrected chi connectivity index (χ3v) is 2.67. The molecule has 0 atom stereocenters. The van der Waals surface area contributed by atoms with Crippen molar-refractivity contribution in [3.8, 4) is 0 Å². The maximum atomic E-state index is 5.72. The van der Waals surface area contributed by atoms with Crippen molar-refractivity contribution < 1.29 is 0 Å². The Balaban J connectivity index is 0.00000324. The van der Waals surface area contributed by atoms with Crippen molar-refractivity contribution in [2.75, 3.05) is 11.9 Å². The minimum Gasteiger partial charge on any atom is -0.369 e. The summed E-state index contributed by atoms with van der Waals surface area (Å²) in [7, 11) is 0. The molecule has 0 aliphatic carbocycles. The summed E-state index contributed by atoms with van der Waals surface area (Å²) in [5.41, 5.74) is 12.2. The second kappa shape index (κ2) is 9.63. The second-order valence-electron chi connectivity index (χ2n) is 3.72. The number of nitrogens with one attached hydrogen (secondary N) is 1. The Hall–Kier alpha value is -1.27. The minimum absolute atomic E-state index is 0. The van der Waals surface area contributed by atoms with E-state index in [2.05, 4.69) is 38.2 Å². The maximum absolute atomic E-state index is 5.72. The van der Waals surface area contributed by atoms with Crippen LogP contribution in [0.15, 0.2) is 38.7 Å². The van der Waals surface area contributed by atoms with Crippen LogP contribution in [0.25, 0.3) is 0 Å². The van der Waals surface area contributed by atoms with E-state index in [1.54, 1.807) is 0 Å². The molecule has 0 unspecified atom stereocenters. The topological polar surface area (TPSA) is 88.8 Å². The summed E-state index contributed by atoms with van der Waals surface area (Å²) in [6.07, 6.45) is 2.07. The van der Waals surface area contributed by atoms with E-state index >= 15 is 0 Å². The largest absolute Gasteiger partial charge is 0.369 e. The number of rotatable bonds is 4. The van der Waals surface area contributed by atoms with Gasteiger partial charge in [0.25, 0.3) is 0 Å². The number of aliphatic imine (C=N–C) groups is 2. The smallest absolute Gasteiger partial charge is 0.218 e. The molecule has 0 radical (unpaired) electrons. The van der Waals surface area contributed by atoms with E-state index in [1.807, 2.05) is 24.3 Å². The highest BCUT2D eigenvalue weighted by Crippen LogP contribution is 2.13. The lowest BCUT2D eigenvalue weighted by Crippen LogP contribution is -2.26. The fourth-order valence-corrected chi connectivity index (χ4v) is 1.48. The number of guanidine groups is 2. The zero-order valence-electron chi connectivity index (χ0n) is 10.8. The van der Waals surface area contributed by atoms with Gasteiger partial charge in [-0.1, -0.05) is 29.3 Å². The summed E-state index contributed by atoms with van der Waals surface area (Å²) in [6, 6.07) is 7.59. The Kier molecular flexibility index (Phi) is 8.99. The van der Waals surface area contributed by atoms with Crippen LogP contribution in [-0.4, -0.2) is 18.5 Å². The second-order valence-corrected chi connectivity index (χ2v) is 4.64. The van der Waals surface area contributed by atoms with Crippen LogP contribution in [0.2, 0.25) is 0 Å². The predicted molar refractivity (Wildman–Crippen MR) is 88.0 cm³/mol. The van der Waals surface area contributed by atoms with Crippen molar-refractivity contribution in [2.24, 2.45) is 21.5 Å². The molecule has 0 bridgehead atoms. The molecule has 0 amide bonds. The third kappa shape index (κ3) is 7.69. The number of benzene rings is 1. The molecule has 1 aromatic carbocycles. The summed E-state index contributed by atoms with van der Waals surface area (Å²) in [4.78, 5) is 8.05.